The molecule has 3 rings (SSSR count). The molecule has 0 bridgehead atoms. The maximum atomic E-state index is 13.0. The molecule has 156 valence electrons. The maximum Gasteiger partial charge on any atom is 0.244 e. The van der Waals surface area contributed by atoms with Crippen LogP contribution in [0.2, 0.25) is 5.02 Å². The average Bonchev–Trinajstić information content (AvgIpc) is 2.66. The van der Waals surface area contributed by atoms with Gasteiger partial charge in [0.05, 0.1) is 11.6 Å². The zero-order valence-corrected chi connectivity index (χ0v) is 17.9. The van der Waals surface area contributed by atoms with Crippen LogP contribution in [0.3, 0.4) is 0 Å². The van der Waals surface area contributed by atoms with Gasteiger partial charge in [-0.15, -0.1) is 0 Å². The van der Waals surface area contributed by atoms with Crippen molar-refractivity contribution in [2.75, 3.05) is 38.0 Å². The summed E-state index contributed by atoms with van der Waals surface area (Å²) in [7, 11) is -3.65. The fourth-order valence-corrected chi connectivity index (χ4v) is 5.92. The number of likely N-dealkylation sites (tertiary alicyclic amines) is 1. The van der Waals surface area contributed by atoms with Gasteiger partial charge in [0.2, 0.25) is 15.9 Å². The van der Waals surface area contributed by atoms with Crippen molar-refractivity contribution >= 4 is 33.2 Å². The summed E-state index contributed by atoms with van der Waals surface area (Å²) < 4.78 is 27.4. The van der Waals surface area contributed by atoms with Gasteiger partial charge >= 0.3 is 0 Å². The fraction of sp³-hybridized carbons (Fsp3) is 0.650. The first-order valence-corrected chi connectivity index (χ1v) is 12.1. The summed E-state index contributed by atoms with van der Waals surface area (Å²) in [5.74, 6) is -0.121. The Bertz CT molecular complexity index is 771. The monoisotopic (exact) mass is 427 g/mol. The third kappa shape index (κ3) is 5.69. The minimum atomic E-state index is -3.65. The molecule has 0 saturated carbocycles. The van der Waals surface area contributed by atoms with Crippen molar-refractivity contribution in [3.05, 3.63) is 23.2 Å². The van der Waals surface area contributed by atoms with Gasteiger partial charge in [-0.25, -0.2) is 8.42 Å². The van der Waals surface area contributed by atoms with Gasteiger partial charge in [-0.1, -0.05) is 37.3 Å². The normalized spacial score (nSPS) is 20.3. The highest BCUT2D eigenvalue weighted by atomic mass is 35.5. The third-order valence-corrected chi connectivity index (χ3v) is 7.84. The molecule has 1 aromatic rings. The molecule has 0 atom stereocenters. The van der Waals surface area contributed by atoms with E-state index in [1.165, 1.54) is 29.6 Å². The highest BCUT2D eigenvalue weighted by Crippen LogP contribution is 2.29. The number of piperidine rings is 1. The van der Waals surface area contributed by atoms with Crippen molar-refractivity contribution in [1.82, 2.24) is 9.21 Å². The molecule has 1 N–H and O–H groups in total. The lowest BCUT2D eigenvalue weighted by molar-refractivity contribution is -0.117. The number of anilines is 1. The molecular formula is C20H30ClN3O3S. The number of carbonyl (C=O) groups excluding carboxylic acids is 1. The van der Waals surface area contributed by atoms with Crippen molar-refractivity contribution in [1.29, 1.82) is 0 Å². The Morgan fingerprint density at radius 2 is 1.50 bits per heavy atom. The Morgan fingerprint density at radius 3 is 2.18 bits per heavy atom. The number of nitrogens with zero attached hydrogens (tertiary/aromatic N) is 2. The van der Waals surface area contributed by atoms with Crippen LogP contribution < -0.4 is 5.32 Å². The zero-order valence-electron chi connectivity index (χ0n) is 16.3. The minimum Gasteiger partial charge on any atom is -0.325 e. The van der Waals surface area contributed by atoms with E-state index < -0.39 is 10.0 Å². The lowest BCUT2D eigenvalue weighted by Gasteiger charge is -2.26. The lowest BCUT2D eigenvalue weighted by atomic mass is 10.1. The van der Waals surface area contributed by atoms with Crippen LogP contribution in [-0.4, -0.2) is 56.3 Å². The molecule has 0 aliphatic carbocycles. The van der Waals surface area contributed by atoms with Crippen LogP contribution in [0.5, 0.6) is 0 Å². The van der Waals surface area contributed by atoms with E-state index in [2.05, 4.69) is 10.2 Å². The number of hydrogen-bond acceptors (Lipinski definition) is 4. The number of nitrogens with one attached hydrogen (secondary N) is 1. The van der Waals surface area contributed by atoms with Crippen molar-refractivity contribution in [3.8, 4) is 0 Å². The summed E-state index contributed by atoms with van der Waals surface area (Å²) in [6.45, 7) is 3.23. The zero-order chi connectivity index (χ0) is 20.0. The van der Waals surface area contributed by atoms with E-state index in [1.54, 1.807) is 12.1 Å². The standard InChI is InChI=1S/C20H30ClN3O3S/c21-18-10-9-17(15-19(18)28(26,27)24-13-7-4-8-14-24)22-20(25)16-23-11-5-2-1-3-6-12-23/h9-10,15H,1-8,11-14,16H2,(H,22,25). The number of sulfonamides is 1. The summed E-state index contributed by atoms with van der Waals surface area (Å²) in [5, 5.41) is 3.03. The molecule has 0 unspecified atom stereocenters. The predicted octanol–water partition coefficient (Wildman–Crippen LogP) is 3.72. The van der Waals surface area contributed by atoms with E-state index in [-0.39, 0.29) is 15.8 Å². The first-order chi connectivity index (χ1) is 13.5. The van der Waals surface area contributed by atoms with Crippen molar-refractivity contribution in [2.24, 2.45) is 0 Å². The van der Waals surface area contributed by atoms with E-state index >= 15 is 0 Å². The topological polar surface area (TPSA) is 69.7 Å². The number of carbonyl (C=O) groups is 1. The van der Waals surface area contributed by atoms with Gasteiger partial charge in [0.25, 0.3) is 0 Å². The SMILES string of the molecule is O=C(CN1CCCCCCC1)Nc1ccc(Cl)c(S(=O)(=O)N2CCCCC2)c1. The highest BCUT2D eigenvalue weighted by Gasteiger charge is 2.28. The minimum absolute atomic E-state index is 0.0696. The molecule has 6 nitrogen and oxygen atoms in total. The second kappa shape index (κ2) is 10.1. The van der Waals surface area contributed by atoms with Gasteiger partial charge < -0.3 is 5.32 Å². The quantitative estimate of drug-likeness (QED) is 0.777. The molecule has 1 aromatic carbocycles. The molecule has 8 heteroatoms. The molecule has 0 spiro atoms. The van der Waals surface area contributed by atoms with Crippen LogP contribution in [-0.2, 0) is 14.8 Å². The van der Waals surface area contributed by atoms with Crippen LogP contribution in [0.15, 0.2) is 23.1 Å². The summed E-state index contributed by atoms with van der Waals surface area (Å²) in [6, 6.07) is 4.69. The molecule has 2 saturated heterocycles. The maximum absolute atomic E-state index is 13.0. The van der Waals surface area contributed by atoms with Crippen LogP contribution in [0.4, 0.5) is 5.69 Å². The van der Waals surface area contributed by atoms with Crippen LogP contribution >= 0.6 is 11.6 Å². The molecule has 0 aromatic heterocycles. The second-order valence-corrected chi connectivity index (χ2v) is 10.0. The fourth-order valence-electron chi connectivity index (χ4n) is 3.90. The Hall–Kier alpha value is -1.15. The van der Waals surface area contributed by atoms with E-state index in [4.69, 9.17) is 11.6 Å². The predicted molar refractivity (Wildman–Crippen MR) is 112 cm³/mol. The highest BCUT2D eigenvalue weighted by molar-refractivity contribution is 7.89. The largest absolute Gasteiger partial charge is 0.325 e. The van der Waals surface area contributed by atoms with Crippen molar-refractivity contribution < 1.29 is 13.2 Å². The summed E-state index contributed by atoms with van der Waals surface area (Å²) in [5.41, 5.74) is 0.469. The first-order valence-electron chi connectivity index (χ1n) is 10.3. The van der Waals surface area contributed by atoms with Crippen LogP contribution in [0.1, 0.15) is 51.4 Å². The first kappa shape index (κ1) is 21.6. The summed E-state index contributed by atoms with van der Waals surface area (Å²) in [4.78, 5) is 14.7. The molecule has 1 amide bonds. The van der Waals surface area contributed by atoms with E-state index in [0.717, 1.165) is 45.2 Å². The van der Waals surface area contributed by atoms with Gasteiger partial charge in [-0.05, 0) is 57.0 Å². The number of benzene rings is 1. The molecular weight excluding hydrogens is 398 g/mol. The molecule has 2 heterocycles. The third-order valence-electron chi connectivity index (χ3n) is 5.46. The smallest absolute Gasteiger partial charge is 0.244 e. The number of hydrogen-bond donors (Lipinski definition) is 1. The van der Waals surface area contributed by atoms with Crippen molar-refractivity contribution in [3.63, 3.8) is 0 Å². The van der Waals surface area contributed by atoms with Gasteiger partial charge in [-0.2, -0.15) is 4.31 Å². The molecule has 2 fully saturated rings. The molecule has 28 heavy (non-hydrogen) atoms. The average molecular weight is 428 g/mol. The van der Waals surface area contributed by atoms with E-state index in [0.29, 0.717) is 25.3 Å². The van der Waals surface area contributed by atoms with Crippen LogP contribution in [0, 0.1) is 0 Å². The molecule has 2 aliphatic heterocycles. The molecule has 0 radical (unpaired) electrons. The van der Waals surface area contributed by atoms with E-state index in [1.807, 2.05) is 0 Å². The van der Waals surface area contributed by atoms with Gasteiger partial charge in [0.1, 0.15) is 4.90 Å². The number of halogens is 1. The summed E-state index contributed by atoms with van der Waals surface area (Å²) in [6.07, 6.45) is 8.72. The molecule has 2 aliphatic rings. The van der Waals surface area contributed by atoms with Crippen molar-refractivity contribution in [2.45, 2.75) is 56.3 Å². The van der Waals surface area contributed by atoms with E-state index in [9.17, 15) is 13.2 Å². The Labute approximate surface area is 173 Å². The Morgan fingerprint density at radius 1 is 0.929 bits per heavy atom. The van der Waals surface area contributed by atoms with Gasteiger partial charge in [0.15, 0.2) is 0 Å². The second-order valence-electron chi connectivity index (χ2n) is 7.70. The van der Waals surface area contributed by atoms with Gasteiger partial charge in [0, 0.05) is 18.8 Å². The lowest BCUT2D eigenvalue weighted by Crippen LogP contribution is -2.36. The van der Waals surface area contributed by atoms with Crippen LogP contribution in [0.25, 0.3) is 0 Å². The number of rotatable bonds is 5. The van der Waals surface area contributed by atoms with Gasteiger partial charge in [-0.3, -0.25) is 9.69 Å². The Kier molecular flexibility index (Phi) is 7.74. The number of amides is 1. The Balaban J connectivity index is 1.67. The summed E-state index contributed by atoms with van der Waals surface area (Å²) >= 11 is 6.20.